The minimum Gasteiger partial charge on any atom is -0.387 e. The summed E-state index contributed by atoms with van der Waals surface area (Å²) in [5.74, 6) is -0.342. The summed E-state index contributed by atoms with van der Waals surface area (Å²) in [5.41, 5.74) is -0.301. The van der Waals surface area contributed by atoms with Gasteiger partial charge in [-0.2, -0.15) is 13.2 Å². The Labute approximate surface area is 115 Å². The predicted octanol–water partition coefficient (Wildman–Crippen LogP) is 3.37. The SMILES string of the molecule is CCN(C(=O)c1cc(C(F)(F)F)ccc1NC)C1CC1. The van der Waals surface area contributed by atoms with Crippen LogP contribution in [0.3, 0.4) is 0 Å². The van der Waals surface area contributed by atoms with Gasteiger partial charge in [0.1, 0.15) is 0 Å². The van der Waals surface area contributed by atoms with Gasteiger partial charge in [-0.3, -0.25) is 4.79 Å². The van der Waals surface area contributed by atoms with Crippen LogP contribution in [0, 0.1) is 0 Å². The summed E-state index contributed by atoms with van der Waals surface area (Å²) in [6.07, 6.45) is -2.60. The molecule has 0 radical (unpaired) electrons. The van der Waals surface area contributed by atoms with E-state index in [0.717, 1.165) is 25.0 Å². The van der Waals surface area contributed by atoms with Crippen molar-refractivity contribution in [2.24, 2.45) is 0 Å². The Morgan fingerprint density at radius 1 is 1.40 bits per heavy atom. The fraction of sp³-hybridized carbons (Fsp3) is 0.500. The smallest absolute Gasteiger partial charge is 0.387 e. The fourth-order valence-electron chi connectivity index (χ4n) is 2.22. The highest BCUT2D eigenvalue weighted by Crippen LogP contribution is 2.34. The third-order valence-electron chi connectivity index (χ3n) is 3.44. The first kappa shape index (κ1) is 14.7. The van der Waals surface area contributed by atoms with Crippen molar-refractivity contribution < 1.29 is 18.0 Å². The van der Waals surface area contributed by atoms with E-state index >= 15 is 0 Å². The van der Waals surface area contributed by atoms with E-state index < -0.39 is 11.7 Å². The van der Waals surface area contributed by atoms with Crippen LogP contribution in [-0.4, -0.2) is 30.4 Å². The van der Waals surface area contributed by atoms with E-state index in [1.165, 1.54) is 6.07 Å². The molecule has 6 heteroatoms. The highest BCUT2D eigenvalue weighted by Gasteiger charge is 2.35. The van der Waals surface area contributed by atoms with Gasteiger partial charge in [-0.25, -0.2) is 0 Å². The third kappa shape index (κ3) is 2.89. The van der Waals surface area contributed by atoms with Crippen LogP contribution in [0.25, 0.3) is 0 Å². The van der Waals surface area contributed by atoms with Crippen molar-refractivity contribution in [1.82, 2.24) is 4.90 Å². The molecule has 0 spiro atoms. The molecule has 110 valence electrons. The lowest BCUT2D eigenvalue weighted by Gasteiger charge is -2.22. The number of hydrogen-bond acceptors (Lipinski definition) is 2. The van der Waals surface area contributed by atoms with Gasteiger partial charge in [0.15, 0.2) is 0 Å². The highest BCUT2D eigenvalue weighted by atomic mass is 19.4. The molecule has 1 aromatic carbocycles. The lowest BCUT2D eigenvalue weighted by atomic mass is 10.1. The second kappa shape index (κ2) is 5.34. The van der Waals surface area contributed by atoms with Gasteiger partial charge in [0.25, 0.3) is 5.91 Å². The highest BCUT2D eigenvalue weighted by molar-refractivity contribution is 6.00. The average Bonchev–Trinajstić information content (AvgIpc) is 3.22. The number of anilines is 1. The summed E-state index contributed by atoms with van der Waals surface area (Å²) in [7, 11) is 1.59. The largest absolute Gasteiger partial charge is 0.416 e. The molecule has 0 aliphatic heterocycles. The van der Waals surface area contributed by atoms with Crippen LogP contribution in [0.5, 0.6) is 0 Å². The maximum atomic E-state index is 12.8. The van der Waals surface area contributed by atoms with Crippen molar-refractivity contribution in [3.05, 3.63) is 29.3 Å². The Kier molecular flexibility index (Phi) is 3.92. The van der Waals surface area contributed by atoms with E-state index in [4.69, 9.17) is 0 Å². The Morgan fingerprint density at radius 3 is 2.50 bits per heavy atom. The van der Waals surface area contributed by atoms with Gasteiger partial charge < -0.3 is 10.2 Å². The van der Waals surface area contributed by atoms with Crippen LogP contribution >= 0.6 is 0 Å². The van der Waals surface area contributed by atoms with Crippen molar-refractivity contribution in [2.45, 2.75) is 32.0 Å². The van der Waals surface area contributed by atoms with Gasteiger partial charge in [-0.15, -0.1) is 0 Å². The molecule has 1 N–H and O–H groups in total. The molecular formula is C14H17F3N2O. The number of amides is 1. The van der Waals surface area contributed by atoms with Gasteiger partial charge in [-0.05, 0) is 38.0 Å². The van der Waals surface area contributed by atoms with E-state index in [-0.39, 0.29) is 17.5 Å². The predicted molar refractivity (Wildman–Crippen MR) is 70.7 cm³/mol. The molecule has 2 rings (SSSR count). The van der Waals surface area contributed by atoms with E-state index in [2.05, 4.69) is 5.32 Å². The number of benzene rings is 1. The zero-order chi connectivity index (χ0) is 14.9. The molecule has 1 amide bonds. The summed E-state index contributed by atoms with van der Waals surface area (Å²) >= 11 is 0. The number of halogens is 3. The van der Waals surface area contributed by atoms with Crippen molar-refractivity contribution >= 4 is 11.6 Å². The minimum atomic E-state index is -4.45. The van der Waals surface area contributed by atoms with E-state index in [1.807, 2.05) is 6.92 Å². The van der Waals surface area contributed by atoms with Crippen molar-refractivity contribution in [3.8, 4) is 0 Å². The molecule has 1 aliphatic carbocycles. The molecule has 0 heterocycles. The Morgan fingerprint density at radius 2 is 2.05 bits per heavy atom. The van der Waals surface area contributed by atoms with Gasteiger partial charge in [0.2, 0.25) is 0 Å². The number of nitrogens with one attached hydrogen (secondary N) is 1. The number of rotatable bonds is 4. The summed E-state index contributed by atoms with van der Waals surface area (Å²) in [4.78, 5) is 14.1. The fourth-order valence-corrected chi connectivity index (χ4v) is 2.22. The van der Waals surface area contributed by atoms with Crippen molar-refractivity contribution in [2.75, 3.05) is 18.9 Å². The van der Waals surface area contributed by atoms with Crippen LogP contribution < -0.4 is 5.32 Å². The molecule has 0 aromatic heterocycles. The zero-order valence-corrected chi connectivity index (χ0v) is 11.4. The first-order valence-electron chi connectivity index (χ1n) is 6.58. The quantitative estimate of drug-likeness (QED) is 0.920. The van der Waals surface area contributed by atoms with Crippen LogP contribution in [0.4, 0.5) is 18.9 Å². The van der Waals surface area contributed by atoms with Crippen molar-refractivity contribution in [1.29, 1.82) is 0 Å². The molecule has 0 bridgehead atoms. The summed E-state index contributed by atoms with van der Waals surface area (Å²) in [6.45, 7) is 2.34. The van der Waals surface area contributed by atoms with Crippen molar-refractivity contribution in [3.63, 3.8) is 0 Å². The standard InChI is InChI=1S/C14H17F3N2O/c1-3-19(10-5-6-10)13(20)11-8-9(14(15,16)17)4-7-12(11)18-2/h4,7-8,10,18H,3,5-6H2,1-2H3. The van der Waals surface area contributed by atoms with Crippen LogP contribution in [0.15, 0.2) is 18.2 Å². The monoisotopic (exact) mass is 286 g/mol. The molecule has 1 saturated carbocycles. The van der Waals surface area contributed by atoms with Gasteiger partial charge in [0.05, 0.1) is 11.1 Å². The first-order chi connectivity index (χ1) is 9.38. The first-order valence-corrected chi connectivity index (χ1v) is 6.58. The lowest BCUT2D eigenvalue weighted by Crippen LogP contribution is -2.33. The number of alkyl halides is 3. The van der Waals surface area contributed by atoms with Crippen LogP contribution in [0.1, 0.15) is 35.7 Å². The molecule has 1 aliphatic rings. The molecule has 0 saturated heterocycles. The molecule has 0 unspecified atom stereocenters. The topological polar surface area (TPSA) is 32.3 Å². The van der Waals surface area contributed by atoms with Gasteiger partial charge in [-0.1, -0.05) is 0 Å². The number of nitrogens with zero attached hydrogens (tertiary/aromatic N) is 1. The number of carbonyl (C=O) groups excluding carboxylic acids is 1. The van der Waals surface area contributed by atoms with Crippen LogP contribution in [-0.2, 0) is 6.18 Å². The molecule has 20 heavy (non-hydrogen) atoms. The van der Waals surface area contributed by atoms with E-state index in [0.29, 0.717) is 12.2 Å². The zero-order valence-electron chi connectivity index (χ0n) is 11.4. The molecule has 1 aromatic rings. The van der Waals surface area contributed by atoms with Crippen LogP contribution in [0.2, 0.25) is 0 Å². The molecule has 1 fully saturated rings. The Hall–Kier alpha value is -1.72. The third-order valence-corrected chi connectivity index (χ3v) is 3.44. The minimum absolute atomic E-state index is 0.0797. The van der Waals surface area contributed by atoms with Gasteiger partial charge in [0, 0.05) is 25.3 Å². The molecular weight excluding hydrogens is 269 g/mol. The summed E-state index contributed by atoms with van der Waals surface area (Å²) in [6, 6.07) is 3.39. The Balaban J connectivity index is 2.39. The summed E-state index contributed by atoms with van der Waals surface area (Å²) < 4.78 is 38.3. The maximum Gasteiger partial charge on any atom is 0.416 e. The maximum absolute atomic E-state index is 12.8. The van der Waals surface area contributed by atoms with E-state index in [9.17, 15) is 18.0 Å². The normalized spacial score (nSPS) is 15.1. The lowest BCUT2D eigenvalue weighted by molar-refractivity contribution is -0.137. The molecule has 3 nitrogen and oxygen atoms in total. The average molecular weight is 286 g/mol. The summed E-state index contributed by atoms with van der Waals surface area (Å²) in [5, 5.41) is 2.78. The van der Waals surface area contributed by atoms with Gasteiger partial charge >= 0.3 is 6.18 Å². The Bertz CT molecular complexity index is 510. The van der Waals surface area contributed by atoms with E-state index in [1.54, 1.807) is 11.9 Å². The second-order valence-electron chi connectivity index (χ2n) is 4.83. The molecule has 0 atom stereocenters. The number of carbonyl (C=O) groups is 1. The number of hydrogen-bond donors (Lipinski definition) is 1. The second-order valence-corrected chi connectivity index (χ2v) is 4.83.